The Morgan fingerprint density at radius 1 is 1.03 bits per heavy atom. The first-order chi connectivity index (χ1) is 14.6. The zero-order valence-electron chi connectivity index (χ0n) is 17.3. The largest absolute Gasteiger partial charge is 0.493 e. The molecule has 6 nitrogen and oxygen atoms in total. The molecular formula is C24H25NO5. The minimum atomic E-state index is -0.391. The number of benzene rings is 2. The number of hydrogen-bond donors (Lipinski definition) is 0. The number of furan rings is 1. The summed E-state index contributed by atoms with van der Waals surface area (Å²) < 4.78 is 23.1. The van der Waals surface area contributed by atoms with E-state index in [1.54, 1.807) is 14.2 Å². The molecule has 156 valence electrons. The minimum Gasteiger partial charge on any atom is -0.493 e. The smallest absolute Gasteiger partial charge is 0.289 e. The lowest BCUT2D eigenvalue weighted by Crippen LogP contribution is -2.48. The van der Waals surface area contributed by atoms with Crippen LogP contribution in [-0.4, -0.2) is 44.7 Å². The Labute approximate surface area is 175 Å². The van der Waals surface area contributed by atoms with Crippen molar-refractivity contribution in [2.24, 2.45) is 0 Å². The van der Waals surface area contributed by atoms with E-state index in [1.165, 1.54) is 5.56 Å². The van der Waals surface area contributed by atoms with E-state index in [9.17, 15) is 4.79 Å². The minimum absolute atomic E-state index is 0.0654. The Morgan fingerprint density at radius 2 is 1.77 bits per heavy atom. The van der Waals surface area contributed by atoms with Crippen LogP contribution in [0, 0.1) is 0 Å². The highest BCUT2D eigenvalue weighted by Crippen LogP contribution is 2.45. The quantitative estimate of drug-likeness (QED) is 0.653. The van der Waals surface area contributed by atoms with E-state index in [0.717, 1.165) is 41.5 Å². The van der Waals surface area contributed by atoms with Crippen LogP contribution >= 0.6 is 0 Å². The Hall–Kier alpha value is -2.99. The number of rotatable bonds is 3. The van der Waals surface area contributed by atoms with E-state index in [4.69, 9.17) is 18.6 Å². The van der Waals surface area contributed by atoms with Gasteiger partial charge in [-0.1, -0.05) is 18.2 Å². The summed E-state index contributed by atoms with van der Waals surface area (Å²) in [5.41, 5.74) is 2.73. The number of nitrogens with zero attached hydrogens (tertiary/aromatic N) is 1. The van der Waals surface area contributed by atoms with Crippen LogP contribution in [0.25, 0.3) is 11.0 Å². The van der Waals surface area contributed by atoms with Gasteiger partial charge in [0.05, 0.1) is 26.4 Å². The van der Waals surface area contributed by atoms with Crippen LogP contribution in [0.4, 0.5) is 0 Å². The molecule has 0 radical (unpaired) electrons. The van der Waals surface area contributed by atoms with Gasteiger partial charge in [-0.15, -0.1) is 0 Å². The molecule has 2 aliphatic rings. The Kier molecular flexibility index (Phi) is 4.66. The van der Waals surface area contributed by atoms with Gasteiger partial charge in [0.1, 0.15) is 5.58 Å². The van der Waals surface area contributed by atoms with Gasteiger partial charge in [-0.25, -0.2) is 0 Å². The third-order valence-corrected chi connectivity index (χ3v) is 6.34. The number of ether oxygens (including phenoxy) is 3. The number of fused-ring (bicyclic) bond motifs is 3. The van der Waals surface area contributed by atoms with Crippen molar-refractivity contribution in [2.75, 3.05) is 33.9 Å². The number of carbonyl (C=O) groups excluding carboxylic acids is 1. The van der Waals surface area contributed by atoms with Crippen LogP contribution in [0.15, 0.2) is 46.9 Å². The van der Waals surface area contributed by atoms with Gasteiger partial charge in [-0.2, -0.15) is 0 Å². The van der Waals surface area contributed by atoms with Crippen molar-refractivity contribution in [3.05, 3.63) is 59.4 Å². The maximum atomic E-state index is 13.0. The first-order valence-corrected chi connectivity index (χ1v) is 10.3. The highest BCUT2D eigenvalue weighted by Gasteiger charge is 2.42. The molecule has 3 heterocycles. The summed E-state index contributed by atoms with van der Waals surface area (Å²) in [6, 6.07) is 13.6. The number of amides is 1. The van der Waals surface area contributed by atoms with Gasteiger partial charge < -0.3 is 23.5 Å². The summed E-state index contributed by atoms with van der Waals surface area (Å²) in [4.78, 5) is 14.9. The van der Waals surface area contributed by atoms with Gasteiger partial charge in [0.15, 0.2) is 17.3 Å². The van der Waals surface area contributed by atoms with Crippen molar-refractivity contribution < 1.29 is 23.4 Å². The average Bonchev–Trinajstić information content (AvgIpc) is 3.23. The van der Waals surface area contributed by atoms with Gasteiger partial charge in [0.2, 0.25) is 0 Å². The Balaban J connectivity index is 1.38. The molecular weight excluding hydrogens is 382 g/mol. The number of likely N-dealkylation sites (tertiary alicyclic amines) is 1. The van der Waals surface area contributed by atoms with Crippen molar-refractivity contribution in [3.63, 3.8) is 0 Å². The third-order valence-electron chi connectivity index (χ3n) is 6.34. The van der Waals surface area contributed by atoms with Crippen molar-refractivity contribution in [1.82, 2.24) is 4.90 Å². The first kappa shape index (κ1) is 19.0. The average molecular weight is 407 g/mol. The molecule has 1 aromatic heterocycles. The number of hydrogen-bond acceptors (Lipinski definition) is 5. The second-order valence-electron chi connectivity index (χ2n) is 7.90. The zero-order chi connectivity index (χ0) is 20.7. The predicted molar refractivity (Wildman–Crippen MR) is 112 cm³/mol. The van der Waals surface area contributed by atoms with E-state index in [2.05, 4.69) is 6.07 Å². The second kappa shape index (κ2) is 7.36. The van der Waals surface area contributed by atoms with Gasteiger partial charge >= 0.3 is 0 Å². The van der Waals surface area contributed by atoms with Gasteiger partial charge in [-0.05, 0) is 54.7 Å². The summed E-state index contributed by atoms with van der Waals surface area (Å²) in [5, 5.41) is 0.944. The fraction of sp³-hybridized carbons (Fsp3) is 0.375. The van der Waals surface area contributed by atoms with E-state index >= 15 is 0 Å². The number of methoxy groups -OCH3 is 2. The van der Waals surface area contributed by atoms with Crippen LogP contribution in [0.3, 0.4) is 0 Å². The van der Waals surface area contributed by atoms with Crippen LogP contribution in [-0.2, 0) is 16.8 Å². The Morgan fingerprint density at radius 3 is 2.50 bits per heavy atom. The fourth-order valence-electron chi connectivity index (χ4n) is 4.71. The van der Waals surface area contributed by atoms with Gasteiger partial charge in [0.25, 0.3) is 5.91 Å². The lowest BCUT2D eigenvalue weighted by Gasteiger charge is -2.45. The van der Waals surface area contributed by atoms with E-state index in [0.29, 0.717) is 31.2 Å². The number of carbonyl (C=O) groups is 1. The lowest BCUT2D eigenvalue weighted by molar-refractivity contribution is -0.0938. The van der Waals surface area contributed by atoms with Gasteiger partial charge in [-0.3, -0.25) is 4.79 Å². The predicted octanol–water partition coefficient (Wildman–Crippen LogP) is 4.15. The maximum Gasteiger partial charge on any atom is 0.289 e. The summed E-state index contributed by atoms with van der Waals surface area (Å²) >= 11 is 0. The molecule has 5 rings (SSSR count). The number of piperidine rings is 1. The van der Waals surface area contributed by atoms with Crippen LogP contribution in [0.2, 0.25) is 0 Å². The molecule has 6 heteroatoms. The van der Waals surface area contributed by atoms with E-state index in [1.807, 2.05) is 41.3 Å². The van der Waals surface area contributed by atoms with E-state index < -0.39 is 5.60 Å². The summed E-state index contributed by atoms with van der Waals surface area (Å²) in [6.07, 6.45) is 2.32. The summed E-state index contributed by atoms with van der Waals surface area (Å²) in [7, 11) is 3.30. The normalized spacial score (nSPS) is 17.7. The molecule has 3 aromatic rings. The molecule has 2 aliphatic heterocycles. The van der Waals surface area contributed by atoms with E-state index in [-0.39, 0.29) is 5.91 Å². The highest BCUT2D eigenvalue weighted by atomic mass is 16.5. The molecule has 2 aromatic carbocycles. The molecule has 0 N–H and O–H groups in total. The molecule has 1 spiro atoms. The molecule has 0 saturated carbocycles. The standard InChI is InChI=1S/C24H25NO5/c1-27-20-13-16-7-12-29-24(18(16)15-21(20)28-2)8-10-25(11-9-24)23(26)22-14-17-5-3-4-6-19(17)30-22/h3-6,13-15H,7-12H2,1-2H3. The van der Waals surface area contributed by atoms with Crippen LogP contribution < -0.4 is 9.47 Å². The molecule has 1 fully saturated rings. The summed E-state index contributed by atoms with van der Waals surface area (Å²) in [6.45, 7) is 1.90. The van der Waals surface area contributed by atoms with Crippen molar-refractivity contribution in [1.29, 1.82) is 0 Å². The van der Waals surface area contributed by atoms with Crippen molar-refractivity contribution in [3.8, 4) is 11.5 Å². The third kappa shape index (κ3) is 3.03. The van der Waals surface area contributed by atoms with Crippen molar-refractivity contribution in [2.45, 2.75) is 24.9 Å². The lowest BCUT2D eigenvalue weighted by atomic mass is 9.79. The summed E-state index contributed by atoms with van der Waals surface area (Å²) in [5.74, 6) is 1.78. The molecule has 0 unspecified atom stereocenters. The maximum absolute atomic E-state index is 13.0. The first-order valence-electron chi connectivity index (χ1n) is 10.3. The SMILES string of the molecule is COc1cc2c(cc1OC)C1(CCN(C(=O)c3cc4ccccc4o3)CC1)OCC2. The topological polar surface area (TPSA) is 61.1 Å². The van der Waals surface area contributed by atoms with Gasteiger partial charge in [0, 0.05) is 18.5 Å². The second-order valence-corrected chi connectivity index (χ2v) is 7.90. The molecule has 30 heavy (non-hydrogen) atoms. The molecule has 0 aliphatic carbocycles. The Bertz CT molecular complexity index is 1060. The zero-order valence-corrected chi connectivity index (χ0v) is 17.3. The molecule has 1 amide bonds. The van der Waals surface area contributed by atoms with Crippen LogP contribution in [0.5, 0.6) is 11.5 Å². The fourth-order valence-corrected chi connectivity index (χ4v) is 4.71. The molecule has 1 saturated heterocycles. The molecule has 0 atom stereocenters. The number of para-hydroxylation sites is 1. The highest BCUT2D eigenvalue weighted by molar-refractivity contribution is 5.96. The monoisotopic (exact) mass is 407 g/mol. The molecule has 0 bridgehead atoms. The van der Waals surface area contributed by atoms with Crippen LogP contribution in [0.1, 0.15) is 34.5 Å². The van der Waals surface area contributed by atoms with Crippen molar-refractivity contribution >= 4 is 16.9 Å².